The van der Waals surface area contributed by atoms with E-state index in [1.54, 1.807) is 6.92 Å². The van der Waals surface area contributed by atoms with Gasteiger partial charge in [-0.15, -0.1) is 0 Å². The molecule has 0 N–H and O–H groups in total. The van der Waals surface area contributed by atoms with Crippen LogP contribution in [-0.4, -0.2) is 29.6 Å². The molecule has 2 aromatic rings. The zero-order valence-corrected chi connectivity index (χ0v) is 16.8. The number of hydrogen-bond donors (Lipinski definition) is 0. The third-order valence-electron chi connectivity index (χ3n) is 5.75. The highest BCUT2D eigenvalue weighted by atomic mass is 16.5. The van der Waals surface area contributed by atoms with Crippen LogP contribution in [0.4, 0.5) is 0 Å². The molecular formula is C24H31NO2. The molecule has 0 spiro atoms. The molecule has 1 amide bonds. The Bertz CT molecular complexity index is 741. The van der Waals surface area contributed by atoms with E-state index in [1.807, 2.05) is 23.1 Å². The summed E-state index contributed by atoms with van der Waals surface area (Å²) < 4.78 is 6.01. The van der Waals surface area contributed by atoms with Crippen molar-refractivity contribution in [1.82, 2.24) is 4.90 Å². The Kier molecular flexibility index (Phi) is 6.01. The van der Waals surface area contributed by atoms with E-state index in [1.165, 1.54) is 11.1 Å². The lowest BCUT2D eigenvalue weighted by atomic mass is 9.67. The molecule has 1 saturated heterocycles. The van der Waals surface area contributed by atoms with E-state index in [0.717, 1.165) is 32.4 Å². The number of amides is 1. The first-order chi connectivity index (χ1) is 12.9. The van der Waals surface area contributed by atoms with E-state index in [-0.39, 0.29) is 16.9 Å². The summed E-state index contributed by atoms with van der Waals surface area (Å²) in [4.78, 5) is 14.3. The van der Waals surface area contributed by atoms with E-state index < -0.39 is 0 Å². The van der Waals surface area contributed by atoms with Crippen LogP contribution in [0.5, 0.6) is 0 Å². The molecule has 0 bridgehead atoms. The minimum atomic E-state index is -0.144. The van der Waals surface area contributed by atoms with Crippen molar-refractivity contribution in [3.63, 3.8) is 0 Å². The van der Waals surface area contributed by atoms with Gasteiger partial charge in [-0.3, -0.25) is 4.79 Å². The summed E-state index contributed by atoms with van der Waals surface area (Å²) in [7, 11) is 0. The summed E-state index contributed by atoms with van der Waals surface area (Å²) in [5.41, 5.74) is 2.44. The Morgan fingerprint density at radius 2 is 1.67 bits per heavy atom. The largest absolute Gasteiger partial charge is 0.376 e. The lowest BCUT2D eigenvalue weighted by molar-refractivity contribution is -0.130. The summed E-state index contributed by atoms with van der Waals surface area (Å²) in [5.74, 6) is 0.133. The highest BCUT2D eigenvalue weighted by molar-refractivity contribution is 5.73. The number of ether oxygens (including phenoxy) is 1. The predicted octanol–water partition coefficient (Wildman–Crippen LogP) is 4.95. The fraction of sp³-hybridized carbons (Fsp3) is 0.458. The summed E-state index contributed by atoms with van der Waals surface area (Å²) in [6.07, 6.45) is 2.93. The summed E-state index contributed by atoms with van der Waals surface area (Å²) >= 11 is 0. The van der Waals surface area contributed by atoms with Crippen LogP contribution in [0.25, 0.3) is 0 Å². The number of hydrogen-bond acceptors (Lipinski definition) is 2. The zero-order valence-electron chi connectivity index (χ0n) is 16.8. The maximum atomic E-state index is 12.3. The Labute approximate surface area is 163 Å². The van der Waals surface area contributed by atoms with Gasteiger partial charge in [-0.25, -0.2) is 0 Å². The number of carbonyl (C=O) groups is 1. The second kappa shape index (κ2) is 8.26. The van der Waals surface area contributed by atoms with E-state index in [9.17, 15) is 4.79 Å². The molecule has 1 aliphatic rings. The van der Waals surface area contributed by atoms with Crippen LogP contribution in [0.1, 0.15) is 51.2 Å². The van der Waals surface area contributed by atoms with Crippen molar-refractivity contribution in [3.05, 3.63) is 71.8 Å². The van der Waals surface area contributed by atoms with Gasteiger partial charge in [0.15, 0.2) is 0 Å². The van der Waals surface area contributed by atoms with Gasteiger partial charge in [0.2, 0.25) is 5.91 Å². The standard InChI is InChI=1S/C24H31NO2/c1-20(26)25(18-21-10-6-4-7-11-21)16-14-24(22-12-8-5-9-13-22)15-17-27-23(2,3)19-24/h4-13H,14-19H2,1-3H3/t24-/m0/s1. The first-order valence-corrected chi connectivity index (χ1v) is 9.89. The molecule has 0 saturated carbocycles. The van der Waals surface area contributed by atoms with Crippen molar-refractivity contribution in [3.8, 4) is 0 Å². The van der Waals surface area contributed by atoms with Gasteiger partial charge in [-0.1, -0.05) is 60.7 Å². The van der Waals surface area contributed by atoms with E-state index >= 15 is 0 Å². The normalized spacial score (nSPS) is 21.6. The highest BCUT2D eigenvalue weighted by Gasteiger charge is 2.42. The maximum absolute atomic E-state index is 12.3. The molecule has 1 aliphatic heterocycles. The number of nitrogens with zero attached hydrogens (tertiary/aromatic N) is 1. The minimum Gasteiger partial charge on any atom is -0.376 e. The van der Waals surface area contributed by atoms with E-state index in [2.05, 4.69) is 56.3 Å². The molecule has 27 heavy (non-hydrogen) atoms. The molecule has 144 valence electrons. The van der Waals surface area contributed by atoms with Crippen molar-refractivity contribution in [1.29, 1.82) is 0 Å². The van der Waals surface area contributed by atoms with E-state index in [0.29, 0.717) is 6.54 Å². The van der Waals surface area contributed by atoms with Crippen molar-refractivity contribution < 1.29 is 9.53 Å². The van der Waals surface area contributed by atoms with Crippen molar-refractivity contribution in [2.24, 2.45) is 0 Å². The molecule has 0 radical (unpaired) electrons. The fourth-order valence-electron chi connectivity index (χ4n) is 4.37. The lowest BCUT2D eigenvalue weighted by Crippen LogP contribution is -2.46. The first kappa shape index (κ1) is 19.6. The molecule has 1 heterocycles. The number of carbonyl (C=O) groups excluding carboxylic acids is 1. The van der Waals surface area contributed by atoms with Gasteiger partial charge in [0, 0.05) is 32.0 Å². The van der Waals surface area contributed by atoms with Gasteiger partial charge in [-0.2, -0.15) is 0 Å². The molecular weight excluding hydrogens is 334 g/mol. The van der Waals surface area contributed by atoms with Gasteiger partial charge in [0.05, 0.1) is 5.60 Å². The summed E-state index contributed by atoms with van der Waals surface area (Å²) in [6.45, 7) is 8.22. The smallest absolute Gasteiger partial charge is 0.219 e. The van der Waals surface area contributed by atoms with Gasteiger partial charge in [0.1, 0.15) is 0 Å². The van der Waals surface area contributed by atoms with Crippen LogP contribution in [0.3, 0.4) is 0 Å². The fourth-order valence-corrected chi connectivity index (χ4v) is 4.37. The summed E-state index contributed by atoms with van der Waals surface area (Å²) in [6, 6.07) is 21.0. The van der Waals surface area contributed by atoms with Crippen LogP contribution in [0.15, 0.2) is 60.7 Å². The summed E-state index contributed by atoms with van der Waals surface area (Å²) in [5, 5.41) is 0. The van der Waals surface area contributed by atoms with Gasteiger partial charge in [0.25, 0.3) is 0 Å². The zero-order chi connectivity index (χ0) is 19.3. The third kappa shape index (κ3) is 4.98. The lowest BCUT2D eigenvalue weighted by Gasteiger charge is -2.46. The quantitative estimate of drug-likeness (QED) is 0.725. The molecule has 1 fully saturated rings. The van der Waals surface area contributed by atoms with E-state index in [4.69, 9.17) is 4.74 Å². The Morgan fingerprint density at radius 1 is 1.04 bits per heavy atom. The molecule has 3 nitrogen and oxygen atoms in total. The van der Waals surface area contributed by atoms with Crippen molar-refractivity contribution in [2.75, 3.05) is 13.2 Å². The average molecular weight is 366 g/mol. The second-order valence-corrected chi connectivity index (χ2v) is 8.36. The molecule has 1 atom stereocenters. The number of rotatable bonds is 6. The minimum absolute atomic E-state index is 0.0490. The van der Waals surface area contributed by atoms with Crippen LogP contribution in [0, 0.1) is 0 Å². The monoisotopic (exact) mass is 365 g/mol. The molecule has 3 rings (SSSR count). The van der Waals surface area contributed by atoms with Crippen molar-refractivity contribution >= 4 is 5.91 Å². The van der Waals surface area contributed by atoms with Gasteiger partial charge >= 0.3 is 0 Å². The topological polar surface area (TPSA) is 29.5 Å². The Hall–Kier alpha value is -2.13. The van der Waals surface area contributed by atoms with Crippen LogP contribution < -0.4 is 0 Å². The molecule has 0 aliphatic carbocycles. The van der Waals surface area contributed by atoms with Crippen LogP contribution >= 0.6 is 0 Å². The first-order valence-electron chi connectivity index (χ1n) is 9.89. The van der Waals surface area contributed by atoms with Crippen LogP contribution in [0.2, 0.25) is 0 Å². The maximum Gasteiger partial charge on any atom is 0.219 e. The number of benzene rings is 2. The molecule has 2 aromatic carbocycles. The van der Waals surface area contributed by atoms with Crippen LogP contribution in [-0.2, 0) is 21.5 Å². The highest BCUT2D eigenvalue weighted by Crippen LogP contribution is 2.44. The van der Waals surface area contributed by atoms with Gasteiger partial charge < -0.3 is 9.64 Å². The average Bonchev–Trinajstić information content (AvgIpc) is 2.65. The second-order valence-electron chi connectivity index (χ2n) is 8.36. The molecule has 0 unspecified atom stereocenters. The third-order valence-corrected chi connectivity index (χ3v) is 5.75. The Balaban J connectivity index is 1.80. The van der Waals surface area contributed by atoms with Gasteiger partial charge in [-0.05, 0) is 44.2 Å². The SMILES string of the molecule is CC(=O)N(CC[C@]1(c2ccccc2)CCOC(C)(C)C1)Cc1ccccc1. The molecule has 3 heteroatoms. The predicted molar refractivity (Wildman–Crippen MR) is 110 cm³/mol. The Morgan fingerprint density at radius 3 is 2.26 bits per heavy atom. The molecule has 0 aromatic heterocycles. The van der Waals surface area contributed by atoms with Crippen molar-refractivity contribution in [2.45, 2.75) is 57.6 Å².